The summed E-state index contributed by atoms with van der Waals surface area (Å²) < 4.78 is 0. The van der Waals surface area contributed by atoms with E-state index in [-0.39, 0.29) is 17.8 Å². The fraction of sp³-hybridized carbons (Fsp3) is 0.353. The zero-order valence-electron chi connectivity index (χ0n) is 11.1. The molecular formula is C17H17N. The molecule has 3 atom stereocenters. The fourth-order valence-corrected chi connectivity index (χ4v) is 1.56. The predicted molar refractivity (Wildman–Crippen MR) is 76.0 cm³/mol. The van der Waals surface area contributed by atoms with Gasteiger partial charge < -0.3 is 0 Å². The summed E-state index contributed by atoms with van der Waals surface area (Å²) in [7, 11) is 0. The third kappa shape index (κ3) is 2.94. The SMILES string of the molecule is C#CC(C)c1cc(C(C)C#C)nc(C(C)C#C)c1. The Hall–Kier alpha value is -2.17. The monoisotopic (exact) mass is 235 g/mol. The minimum atomic E-state index is -0.0429. The van der Waals surface area contributed by atoms with E-state index in [0.29, 0.717) is 0 Å². The van der Waals surface area contributed by atoms with E-state index < -0.39 is 0 Å². The van der Waals surface area contributed by atoms with E-state index in [9.17, 15) is 0 Å². The molecule has 1 rings (SSSR count). The van der Waals surface area contributed by atoms with Gasteiger partial charge in [-0.1, -0.05) is 17.8 Å². The summed E-state index contributed by atoms with van der Waals surface area (Å²) in [5.74, 6) is 8.03. The van der Waals surface area contributed by atoms with Gasteiger partial charge in [-0.15, -0.1) is 19.3 Å². The Morgan fingerprint density at radius 2 is 1.22 bits per heavy atom. The van der Waals surface area contributed by atoms with Crippen molar-refractivity contribution in [2.45, 2.75) is 38.5 Å². The van der Waals surface area contributed by atoms with Crippen LogP contribution in [0, 0.1) is 37.0 Å². The highest BCUT2D eigenvalue weighted by Crippen LogP contribution is 2.24. The van der Waals surface area contributed by atoms with Gasteiger partial charge in [-0.05, 0) is 38.5 Å². The number of hydrogen-bond donors (Lipinski definition) is 0. The average Bonchev–Trinajstić information content (AvgIpc) is 2.43. The summed E-state index contributed by atoms with van der Waals surface area (Å²) >= 11 is 0. The van der Waals surface area contributed by atoms with Crippen molar-refractivity contribution in [2.75, 3.05) is 0 Å². The van der Waals surface area contributed by atoms with Gasteiger partial charge in [0.15, 0.2) is 0 Å². The first-order valence-corrected chi connectivity index (χ1v) is 5.93. The molecule has 0 bridgehead atoms. The summed E-state index contributed by atoms with van der Waals surface area (Å²) in [4.78, 5) is 4.54. The van der Waals surface area contributed by atoms with Crippen LogP contribution in [0.4, 0.5) is 0 Å². The first-order valence-electron chi connectivity index (χ1n) is 5.93. The van der Waals surface area contributed by atoms with Crippen LogP contribution in [0.1, 0.15) is 55.5 Å². The first kappa shape index (κ1) is 13.9. The first-order chi connectivity index (χ1) is 8.53. The molecule has 1 aromatic heterocycles. The van der Waals surface area contributed by atoms with Crippen LogP contribution >= 0.6 is 0 Å². The number of hydrogen-bond acceptors (Lipinski definition) is 1. The van der Waals surface area contributed by atoms with Crippen LogP contribution < -0.4 is 0 Å². The van der Waals surface area contributed by atoms with Crippen molar-refractivity contribution in [1.82, 2.24) is 4.98 Å². The van der Waals surface area contributed by atoms with Gasteiger partial charge >= 0.3 is 0 Å². The number of aromatic nitrogens is 1. The maximum absolute atomic E-state index is 5.47. The predicted octanol–water partition coefficient (Wildman–Crippen LogP) is 3.29. The van der Waals surface area contributed by atoms with Gasteiger partial charge in [-0.3, -0.25) is 4.98 Å². The van der Waals surface area contributed by atoms with Crippen LogP contribution in [-0.4, -0.2) is 4.98 Å². The molecule has 1 heterocycles. The van der Waals surface area contributed by atoms with Crippen molar-refractivity contribution >= 4 is 0 Å². The molecule has 1 aromatic rings. The molecule has 0 saturated heterocycles. The molecule has 0 saturated carbocycles. The van der Waals surface area contributed by atoms with Crippen molar-refractivity contribution in [2.24, 2.45) is 0 Å². The molecule has 0 N–H and O–H groups in total. The highest BCUT2D eigenvalue weighted by molar-refractivity contribution is 5.35. The van der Waals surface area contributed by atoms with E-state index in [1.807, 2.05) is 32.9 Å². The smallest absolute Gasteiger partial charge is 0.0594 e. The zero-order valence-corrected chi connectivity index (χ0v) is 11.1. The molecule has 0 aliphatic carbocycles. The van der Waals surface area contributed by atoms with Gasteiger partial charge in [0.1, 0.15) is 0 Å². The molecule has 3 unspecified atom stereocenters. The van der Waals surface area contributed by atoms with E-state index >= 15 is 0 Å². The third-order valence-electron chi connectivity index (χ3n) is 3.02. The standard InChI is InChI=1S/C17H17N/c1-7-12(4)15-10-16(13(5)8-2)18-17(11-15)14(6)9-3/h1-3,10-14H,4-6H3. The minimum Gasteiger partial charge on any atom is -0.255 e. The Balaban J connectivity index is 3.36. The molecule has 0 aliphatic rings. The quantitative estimate of drug-likeness (QED) is 0.733. The Morgan fingerprint density at radius 3 is 1.56 bits per heavy atom. The van der Waals surface area contributed by atoms with Crippen molar-refractivity contribution in [1.29, 1.82) is 0 Å². The van der Waals surface area contributed by atoms with Gasteiger partial charge in [0.25, 0.3) is 0 Å². The van der Waals surface area contributed by atoms with E-state index in [2.05, 4.69) is 22.7 Å². The second kappa shape index (κ2) is 5.95. The van der Waals surface area contributed by atoms with Crippen molar-refractivity contribution < 1.29 is 0 Å². The average molecular weight is 235 g/mol. The molecule has 1 nitrogen and oxygen atoms in total. The molecule has 0 radical (unpaired) electrons. The van der Waals surface area contributed by atoms with E-state index in [0.717, 1.165) is 17.0 Å². The van der Waals surface area contributed by atoms with E-state index in [1.54, 1.807) is 0 Å². The number of pyridine rings is 1. The minimum absolute atomic E-state index is 0.0282. The normalized spacial score (nSPS) is 14.7. The molecule has 0 spiro atoms. The van der Waals surface area contributed by atoms with E-state index in [4.69, 9.17) is 19.3 Å². The van der Waals surface area contributed by atoms with Gasteiger partial charge in [-0.25, -0.2) is 0 Å². The van der Waals surface area contributed by atoms with Crippen molar-refractivity contribution in [3.8, 4) is 37.0 Å². The Morgan fingerprint density at radius 1 is 0.833 bits per heavy atom. The molecule has 0 aliphatic heterocycles. The van der Waals surface area contributed by atoms with Crippen LogP contribution in [0.3, 0.4) is 0 Å². The lowest BCUT2D eigenvalue weighted by Crippen LogP contribution is -2.04. The number of nitrogens with zero attached hydrogens (tertiary/aromatic N) is 1. The molecule has 0 amide bonds. The fourth-order valence-electron chi connectivity index (χ4n) is 1.56. The number of rotatable bonds is 3. The lowest BCUT2D eigenvalue weighted by Gasteiger charge is -2.14. The maximum atomic E-state index is 5.47. The van der Waals surface area contributed by atoms with Crippen LogP contribution in [0.2, 0.25) is 0 Å². The molecular weight excluding hydrogens is 218 g/mol. The Kier molecular flexibility index (Phi) is 4.59. The van der Waals surface area contributed by atoms with Crippen LogP contribution in [-0.2, 0) is 0 Å². The highest BCUT2D eigenvalue weighted by Gasteiger charge is 2.13. The summed E-state index contributed by atoms with van der Waals surface area (Å²) in [6, 6.07) is 3.95. The second-order valence-electron chi connectivity index (χ2n) is 4.42. The molecule has 18 heavy (non-hydrogen) atoms. The molecule has 1 heteroatoms. The van der Waals surface area contributed by atoms with Crippen LogP contribution in [0.15, 0.2) is 12.1 Å². The van der Waals surface area contributed by atoms with Gasteiger partial charge in [0.05, 0.1) is 23.2 Å². The second-order valence-corrected chi connectivity index (χ2v) is 4.42. The van der Waals surface area contributed by atoms with Crippen molar-refractivity contribution in [3.63, 3.8) is 0 Å². The third-order valence-corrected chi connectivity index (χ3v) is 3.02. The van der Waals surface area contributed by atoms with Crippen LogP contribution in [0.25, 0.3) is 0 Å². The molecule has 90 valence electrons. The molecule has 0 aromatic carbocycles. The van der Waals surface area contributed by atoms with Gasteiger partial charge in [0.2, 0.25) is 0 Å². The van der Waals surface area contributed by atoms with Gasteiger partial charge in [0, 0.05) is 5.92 Å². The summed E-state index contributed by atoms with van der Waals surface area (Å²) in [5, 5.41) is 0. The van der Waals surface area contributed by atoms with E-state index in [1.165, 1.54) is 0 Å². The number of terminal acetylenes is 3. The summed E-state index contributed by atoms with van der Waals surface area (Å²) in [6.45, 7) is 5.86. The van der Waals surface area contributed by atoms with Gasteiger partial charge in [-0.2, -0.15) is 0 Å². The Bertz CT molecular complexity index is 455. The van der Waals surface area contributed by atoms with Crippen LogP contribution in [0.5, 0.6) is 0 Å². The molecule has 0 fully saturated rings. The highest BCUT2D eigenvalue weighted by atomic mass is 14.7. The Labute approximate surface area is 110 Å². The summed E-state index contributed by atoms with van der Waals surface area (Å²) in [6.07, 6.45) is 16.4. The summed E-state index contributed by atoms with van der Waals surface area (Å²) in [5.41, 5.74) is 2.75. The zero-order chi connectivity index (χ0) is 13.7. The maximum Gasteiger partial charge on any atom is 0.0594 e. The lowest BCUT2D eigenvalue weighted by atomic mass is 9.95. The lowest BCUT2D eigenvalue weighted by molar-refractivity contribution is 0.844. The van der Waals surface area contributed by atoms with Crippen molar-refractivity contribution in [3.05, 3.63) is 29.1 Å². The topological polar surface area (TPSA) is 12.9 Å². The largest absolute Gasteiger partial charge is 0.255 e.